The van der Waals surface area contributed by atoms with Crippen LogP contribution >= 0.6 is 0 Å². The van der Waals surface area contributed by atoms with E-state index < -0.39 is 42.8 Å². The molecule has 1 fully saturated rings. The molecule has 2 atom stereocenters. The van der Waals surface area contributed by atoms with Crippen molar-refractivity contribution in [2.75, 3.05) is 6.79 Å². The van der Waals surface area contributed by atoms with Gasteiger partial charge in [0.05, 0.1) is 6.42 Å². The number of aliphatic carboxylic acids is 1. The molecule has 1 heterocycles. The van der Waals surface area contributed by atoms with Crippen LogP contribution < -0.4 is 0 Å². The highest BCUT2D eigenvalue weighted by Gasteiger charge is 2.52. The van der Waals surface area contributed by atoms with E-state index in [2.05, 4.69) is 9.47 Å². The number of aliphatic hydroxyl groups is 2. The Morgan fingerprint density at radius 1 is 1.40 bits per heavy atom. The average Bonchev–Trinajstić information content (AvgIpc) is 2.26. The Kier molecular flexibility index (Phi) is 2.91. The summed E-state index contributed by atoms with van der Waals surface area (Å²) in [6, 6.07) is 0. The van der Waals surface area contributed by atoms with Gasteiger partial charge in [-0.2, -0.15) is 0 Å². The summed E-state index contributed by atoms with van der Waals surface area (Å²) in [5.41, 5.74) is -2.81. The van der Waals surface area contributed by atoms with Crippen molar-refractivity contribution in [3.8, 4) is 0 Å². The van der Waals surface area contributed by atoms with Crippen LogP contribution in [0.2, 0.25) is 0 Å². The molecule has 0 aromatic carbocycles. The van der Waals surface area contributed by atoms with Crippen molar-refractivity contribution in [2.45, 2.75) is 18.1 Å². The molecule has 8 nitrogen and oxygen atoms in total. The van der Waals surface area contributed by atoms with E-state index in [1.165, 1.54) is 0 Å². The van der Waals surface area contributed by atoms with E-state index in [1.54, 1.807) is 0 Å². The van der Waals surface area contributed by atoms with Gasteiger partial charge in [0.1, 0.15) is 0 Å². The number of carboxylic acids is 1. The lowest BCUT2D eigenvalue weighted by Gasteiger charge is -2.24. The first-order chi connectivity index (χ1) is 6.88. The number of hydrogen-bond acceptors (Lipinski definition) is 7. The Bertz CT molecular complexity index is 310. The highest BCUT2D eigenvalue weighted by molar-refractivity contribution is 5.92. The van der Waals surface area contributed by atoms with Crippen molar-refractivity contribution >= 4 is 17.9 Å². The summed E-state index contributed by atoms with van der Waals surface area (Å²) >= 11 is 0. The second-order valence-corrected chi connectivity index (χ2v) is 2.91. The molecule has 0 amide bonds. The van der Waals surface area contributed by atoms with Crippen LogP contribution in [0.4, 0.5) is 0 Å². The Labute approximate surface area is 83.0 Å². The fourth-order valence-electron chi connectivity index (χ4n) is 1.03. The molecule has 1 aliphatic rings. The number of ether oxygens (including phenoxy) is 2. The number of carboxylic acid groups (broad SMARTS) is 1. The first-order valence-electron chi connectivity index (χ1n) is 3.84. The molecule has 0 bridgehead atoms. The molecular formula is C7H8O8. The lowest BCUT2D eigenvalue weighted by molar-refractivity contribution is -0.187. The van der Waals surface area contributed by atoms with Gasteiger partial charge in [0.2, 0.25) is 12.4 Å². The van der Waals surface area contributed by atoms with Crippen molar-refractivity contribution < 1.29 is 39.2 Å². The molecule has 3 N–H and O–H groups in total. The van der Waals surface area contributed by atoms with Crippen LogP contribution in [0.15, 0.2) is 0 Å². The van der Waals surface area contributed by atoms with Crippen LogP contribution in [0.3, 0.4) is 0 Å². The van der Waals surface area contributed by atoms with Crippen LogP contribution in [0.5, 0.6) is 0 Å². The van der Waals surface area contributed by atoms with E-state index >= 15 is 0 Å². The third-order valence-electron chi connectivity index (χ3n) is 1.86. The standard InChI is InChI=1S/C7H8O8/c8-3-1-7(13,4(9)5(10)11)6(12)15-2-14-3/h4,9,13H,1-2H2,(H,10,11). The first kappa shape index (κ1) is 11.4. The molecule has 0 spiro atoms. The number of cyclic esters (lactones) is 2. The second-order valence-electron chi connectivity index (χ2n) is 2.91. The summed E-state index contributed by atoms with van der Waals surface area (Å²) in [5, 5.41) is 27.0. The molecule has 0 aliphatic carbocycles. The molecule has 0 aromatic heterocycles. The van der Waals surface area contributed by atoms with E-state index in [9.17, 15) is 19.5 Å². The van der Waals surface area contributed by atoms with Gasteiger partial charge in [-0.3, -0.25) is 4.79 Å². The molecule has 0 aromatic rings. The lowest BCUT2D eigenvalue weighted by atomic mass is 9.93. The minimum atomic E-state index is -2.81. The Balaban J connectivity index is 2.99. The largest absolute Gasteiger partial charge is 0.479 e. The predicted octanol–water partition coefficient (Wildman–Crippen LogP) is -2.39. The van der Waals surface area contributed by atoms with Gasteiger partial charge >= 0.3 is 17.9 Å². The quantitative estimate of drug-likeness (QED) is 0.439. The first-order valence-corrected chi connectivity index (χ1v) is 3.84. The monoisotopic (exact) mass is 220 g/mol. The van der Waals surface area contributed by atoms with Gasteiger partial charge in [-0.05, 0) is 0 Å². The molecule has 2 unspecified atom stereocenters. The van der Waals surface area contributed by atoms with Crippen molar-refractivity contribution in [1.82, 2.24) is 0 Å². The molecule has 1 aliphatic heterocycles. The van der Waals surface area contributed by atoms with E-state index in [0.717, 1.165) is 0 Å². The van der Waals surface area contributed by atoms with Crippen LogP contribution in [0.1, 0.15) is 6.42 Å². The molecule has 84 valence electrons. The molecule has 0 saturated carbocycles. The summed E-state index contributed by atoms with van der Waals surface area (Å²) in [5.74, 6) is -4.30. The van der Waals surface area contributed by atoms with Gasteiger partial charge in [0, 0.05) is 0 Å². The van der Waals surface area contributed by atoms with E-state index in [1.807, 2.05) is 0 Å². The maximum Gasteiger partial charge on any atom is 0.345 e. The highest BCUT2D eigenvalue weighted by Crippen LogP contribution is 2.21. The van der Waals surface area contributed by atoms with Crippen LogP contribution in [0.25, 0.3) is 0 Å². The highest BCUT2D eigenvalue weighted by atomic mass is 16.7. The van der Waals surface area contributed by atoms with Gasteiger partial charge in [-0.25, -0.2) is 9.59 Å². The lowest BCUT2D eigenvalue weighted by Crippen LogP contribution is -2.54. The van der Waals surface area contributed by atoms with Crippen molar-refractivity contribution in [1.29, 1.82) is 0 Å². The van der Waals surface area contributed by atoms with Crippen LogP contribution in [-0.2, 0) is 23.9 Å². The second kappa shape index (κ2) is 3.83. The maximum absolute atomic E-state index is 11.1. The fraction of sp³-hybridized carbons (Fsp3) is 0.571. The number of esters is 2. The summed E-state index contributed by atoms with van der Waals surface area (Å²) in [6.07, 6.45) is -3.42. The summed E-state index contributed by atoms with van der Waals surface area (Å²) in [4.78, 5) is 32.4. The minimum Gasteiger partial charge on any atom is -0.479 e. The molecule has 15 heavy (non-hydrogen) atoms. The normalized spacial score (nSPS) is 28.7. The molecule has 1 saturated heterocycles. The van der Waals surface area contributed by atoms with Gasteiger partial charge in [-0.15, -0.1) is 0 Å². The van der Waals surface area contributed by atoms with Crippen LogP contribution in [-0.4, -0.2) is 51.7 Å². The van der Waals surface area contributed by atoms with Crippen molar-refractivity contribution in [3.63, 3.8) is 0 Å². The van der Waals surface area contributed by atoms with Gasteiger partial charge in [-0.1, -0.05) is 0 Å². The topological polar surface area (TPSA) is 130 Å². The molecule has 1 rings (SSSR count). The summed E-state index contributed by atoms with van der Waals surface area (Å²) in [7, 11) is 0. The Morgan fingerprint density at radius 2 is 2.00 bits per heavy atom. The number of hydrogen-bond donors (Lipinski definition) is 3. The fourth-order valence-corrected chi connectivity index (χ4v) is 1.03. The number of carbonyl (C=O) groups is 3. The van der Waals surface area contributed by atoms with E-state index in [0.29, 0.717) is 0 Å². The zero-order chi connectivity index (χ0) is 11.6. The van der Waals surface area contributed by atoms with Crippen molar-refractivity contribution in [3.05, 3.63) is 0 Å². The smallest absolute Gasteiger partial charge is 0.345 e. The van der Waals surface area contributed by atoms with Crippen LogP contribution in [0, 0.1) is 0 Å². The SMILES string of the molecule is O=C1CC(O)(C(O)C(=O)O)C(=O)OCO1. The maximum atomic E-state index is 11.1. The zero-order valence-electron chi connectivity index (χ0n) is 7.37. The van der Waals surface area contributed by atoms with Gasteiger partial charge in [0.25, 0.3) is 0 Å². The van der Waals surface area contributed by atoms with Gasteiger partial charge < -0.3 is 24.8 Å². The molecule has 0 radical (unpaired) electrons. The third-order valence-corrected chi connectivity index (χ3v) is 1.86. The van der Waals surface area contributed by atoms with Gasteiger partial charge in [0.15, 0.2) is 6.10 Å². The molecule has 8 heteroatoms. The van der Waals surface area contributed by atoms with Crippen molar-refractivity contribution in [2.24, 2.45) is 0 Å². The summed E-state index contributed by atoms with van der Waals surface area (Å²) in [6.45, 7) is -0.716. The average molecular weight is 220 g/mol. The Morgan fingerprint density at radius 3 is 2.53 bits per heavy atom. The predicted molar refractivity (Wildman–Crippen MR) is 40.3 cm³/mol. The summed E-state index contributed by atoms with van der Waals surface area (Å²) < 4.78 is 8.46. The molecular weight excluding hydrogens is 212 g/mol. The minimum absolute atomic E-state index is 0.716. The number of aliphatic hydroxyl groups excluding tert-OH is 1. The number of carbonyl (C=O) groups excluding carboxylic acids is 2. The Hall–Kier alpha value is -1.67. The zero-order valence-corrected chi connectivity index (χ0v) is 7.37. The van der Waals surface area contributed by atoms with E-state index in [4.69, 9.17) is 10.2 Å². The van der Waals surface area contributed by atoms with E-state index in [-0.39, 0.29) is 0 Å². The third kappa shape index (κ3) is 2.05. The number of rotatable bonds is 2.